The van der Waals surface area contributed by atoms with Crippen LogP contribution in [0.4, 0.5) is 5.69 Å². The van der Waals surface area contributed by atoms with Gasteiger partial charge >= 0.3 is 5.97 Å². The number of esters is 1. The number of thiocarbonyl (C=S) groups is 1. The molecule has 0 atom stereocenters. The van der Waals surface area contributed by atoms with E-state index in [-0.39, 0.29) is 17.8 Å². The zero-order chi connectivity index (χ0) is 28.8. The average Bonchev–Trinajstić information content (AvgIpc) is 3.24. The fourth-order valence-corrected chi connectivity index (χ4v) is 6.18. The lowest BCUT2D eigenvalue weighted by molar-refractivity contribution is -0.122. The number of amides is 2. The van der Waals surface area contributed by atoms with Gasteiger partial charge in [-0.15, -0.1) is 0 Å². The normalized spacial score (nSPS) is 14.3. The molecule has 1 aliphatic rings. The summed E-state index contributed by atoms with van der Waals surface area (Å²) in [5.41, 5.74) is 2.10. The Morgan fingerprint density at radius 2 is 1.59 bits per heavy atom. The van der Waals surface area contributed by atoms with Crippen molar-refractivity contribution < 1.29 is 19.1 Å². The van der Waals surface area contributed by atoms with Crippen LogP contribution in [0.1, 0.15) is 48.5 Å². The lowest BCUT2D eigenvalue weighted by Crippen LogP contribution is -2.29. The fraction of sp³-hybridized carbons (Fsp3) is 0.212. The average molecular weight is 583 g/mol. The summed E-state index contributed by atoms with van der Waals surface area (Å²) < 4.78 is 5.54. The molecule has 1 heterocycles. The van der Waals surface area contributed by atoms with E-state index in [0.717, 1.165) is 39.9 Å². The second-order valence-corrected chi connectivity index (χ2v) is 11.4. The minimum absolute atomic E-state index is 0.0685. The van der Waals surface area contributed by atoms with Gasteiger partial charge in [0.15, 0.2) is 0 Å². The van der Waals surface area contributed by atoms with Crippen LogP contribution in [0.3, 0.4) is 0 Å². The lowest BCUT2D eigenvalue weighted by Gasteiger charge is -2.14. The Kier molecular flexibility index (Phi) is 9.11. The van der Waals surface area contributed by atoms with Crippen LogP contribution in [0.2, 0.25) is 0 Å². The summed E-state index contributed by atoms with van der Waals surface area (Å²) in [5.74, 6) is -0.546. The zero-order valence-corrected chi connectivity index (χ0v) is 24.4. The maximum Gasteiger partial charge on any atom is 0.338 e. The first-order chi connectivity index (χ1) is 19.9. The number of carbonyl (C=O) groups excluding carboxylic acids is 3. The van der Waals surface area contributed by atoms with E-state index in [2.05, 4.69) is 35.6 Å². The third kappa shape index (κ3) is 6.66. The molecule has 1 fully saturated rings. The molecule has 0 unspecified atom stereocenters. The van der Waals surface area contributed by atoms with Crippen LogP contribution in [-0.4, -0.2) is 40.2 Å². The highest BCUT2D eigenvalue weighted by Gasteiger charge is 2.31. The van der Waals surface area contributed by atoms with Gasteiger partial charge in [0.2, 0.25) is 5.91 Å². The molecule has 6 nitrogen and oxygen atoms in total. The van der Waals surface area contributed by atoms with Crippen LogP contribution < -0.4 is 5.32 Å². The number of nitrogens with zero attached hydrogens (tertiary/aromatic N) is 1. The number of hydrogen-bond acceptors (Lipinski definition) is 6. The lowest BCUT2D eigenvalue weighted by atomic mass is 9.96. The van der Waals surface area contributed by atoms with E-state index >= 15 is 0 Å². The molecule has 0 saturated carbocycles. The summed E-state index contributed by atoms with van der Waals surface area (Å²) in [7, 11) is 0. The molecule has 0 radical (unpaired) electrons. The van der Waals surface area contributed by atoms with Gasteiger partial charge in [-0.3, -0.25) is 14.5 Å². The van der Waals surface area contributed by atoms with Crippen molar-refractivity contribution in [1.82, 2.24) is 4.90 Å². The summed E-state index contributed by atoms with van der Waals surface area (Å²) in [6.07, 6.45) is 4.58. The second-order valence-electron chi connectivity index (χ2n) is 9.72. The molecule has 208 valence electrons. The molecule has 8 heteroatoms. The van der Waals surface area contributed by atoms with Crippen LogP contribution in [0, 0.1) is 0 Å². The maximum absolute atomic E-state index is 13.3. The number of carbonyl (C=O) groups is 3. The summed E-state index contributed by atoms with van der Waals surface area (Å²) in [4.78, 5) is 39.8. The van der Waals surface area contributed by atoms with Crippen LogP contribution in [0.5, 0.6) is 0 Å². The highest BCUT2D eigenvalue weighted by atomic mass is 32.2. The Morgan fingerprint density at radius 3 is 2.24 bits per heavy atom. The van der Waals surface area contributed by atoms with Crippen molar-refractivity contribution in [2.45, 2.75) is 32.6 Å². The molecule has 1 N–H and O–H groups in total. The quantitative estimate of drug-likeness (QED) is 0.0683. The topological polar surface area (TPSA) is 75.7 Å². The molecule has 0 aliphatic carbocycles. The number of benzene rings is 4. The fourth-order valence-electron chi connectivity index (χ4n) is 4.89. The number of rotatable bonds is 10. The first-order valence-electron chi connectivity index (χ1n) is 13.7. The summed E-state index contributed by atoms with van der Waals surface area (Å²) in [6, 6.07) is 25.2. The van der Waals surface area contributed by atoms with Gasteiger partial charge in [-0.05, 0) is 83.3 Å². The van der Waals surface area contributed by atoms with Gasteiger partial charge in [-0.1, -0.05) is 78.9 Å². The Bertz CT molecular complexity index is 1610. The first kappa shape index (κ1) is 28.5. The van der Waals surface area contributed by atoms with E-state index in [4.69, 9.17) is 17.0 Å². The molecular weight excluding hydrogens is 553 g/mol. The van der Waals surface area contributed by atoms with Crippen molar-refractivity contribution in [2.75, 3.05) is 18.5 Å². The number of fused-ring (bicyclic) bond motifs is 2. The third-order valence-electron chi connectivity index (χ3n) is 6.93. The summed E-state index contributed by atoms with van der Waals surface area (Å²) in [5, 5.41) is 7.32. The standard InChI is InChI=1S/C33H30N2O4S2/c1-2-39-32(38)22-15-17-25(18-16-22)34-30(36)14-4-3-9-19-35-31(37)29(41-33(35)40)21-28-26-12-7-5-10-23(26)20-24-11-6-8-13-27(24)28/h5-8,10-13,15-18,20-21H,2-4,9,14,19H2,1H3,(H,34,36)/b29-21-. The predicted octanol–water partition coefficient (Wildman–Crippen LogP) is 7.57. The molecule has 0 bridgehead atoms. The van der Waals surface area contributed by atoms with Crippen molar-refractivity contribution in [2.24, 2.45) is 0 Å². The van der Waals surface area contributed by atoms with E-state index in [9.17, 15) is 14.4 Å². The van der Waals surface area contributed by atoms with Crippen LogP contribution in [0.15, 0.2) is 83.8 Å². The molecule has 0 spiro atoms. The highest BCUT2D eigenvalue weighted by Crippen LogP contribution is 2.36. The number of nitrogens with one attached hydrogen (secondary N) is 1. The molecule has 1 aliphatic heterocycles. The smallest absolute Gasteiger partial charge is 0.338 e. The molecule has 0 aromatic heterocycles. The molecule has 5 rings (SSSR count). The van der Waals surface area contributed by atoms with Gasteiger partial charge in [-0.2, -0.15) is 0 Å². The minimum atomic E-state index is -0.385. The number of thioether (sulfide) groups is 1. The molecular formula is C33H30N2O4S2. The van der Waals surface area contributed by atoms with E-state index < -0.39 is 0 Å². The van der Waals surface area contributed by atoms with Gasteiger partial charge < -0.3 is 10.1 Å². The van der Waals surface area contributed by atoms with Gasteiger partial charge in [0.05, 0.1) is 17.1 Å². The third-order valence-corrected chi connectivity index (χ3v) is 8.31. The molecule has 4 aromatic carbocycles. The maximum atomic E-state index is 13.3. The second kappa shape index (κ2) is 13.1. The minimum Gasteiger partial charge on any atom is -0.462 e. The van der Waals surface area contributed by atoms with E-state index in [0.29, 0.717) is 46.5 Å². The van der Waals surface area contributed by atoms with Crippen molar-refractivity contribution in [3.8, 4) is 0 Å². The Balaban J connectivity index is 1.15. The number of unbranched alkanes of at least 4 members (excludes halogenated alkanes) is 2. The Hall–Kier alpha value is -4.01. The molecule has 1 saturated heterocycles. The van der Waals surface area contributed by atoms with Gasteiger partial charge in [0, 0.05) is 18.7 Å². The Labute approximate surface area is 248 Å². The number of hydrogen-bond donors (Lipinski definition) is 1. The SMILES string of the molecule is CCOC(=O)c1ccc(NC(=O)CCCCCN2C(=O)/C(=C/c3c4ccccc4cc4ccccc34)SC2=S)cc1. The van der Waals surface area contributed by atoms with Crippen molar-refractivity contribution in [1.29, 1.82) is 0 Å². The van der Waals surface area contributed by atoms with E-state index in [1.165, 1.54) is 11.8 Å². The van der Waals surface area contributed by atoms with Gasteiger partial charge in [-0.25, -0.2) is 4.79 Å². The molecule has 2 amide bonds. The van der Waals surface area contributed by atoms with Crippen LogP contribution in [0.25, 0.3) is 27.6 Å². The highest BCUT2D eigenvalue weighted by molar-refractivity contribution is 8.26. The zero-order valence-electron chi connectivity index (χ0n) is 22.7. The van der Waals surface area contributed by atoms with Crippen molar-refractivity contribution in [3.63, 3.8) is 0 Å². The predicted molar refractivity (Wildman–Crippen MR) is 171 cm³/mol. The van der Waals surface area contributed by atoms with E-state index in [1.807, 2.05) is 30.3 Å². The van der Waals surface area contributed by atoms with Crippen LogP contribution >= 0.6 is 24.0 Å². The first-order valence-corrected chi connectivity index (χ1v) is 14.9. The largest absolute Gasteiger partial charge is 0.462 e. The molecule has 41 heavy (non-hydrogen) atoms. The van der Waals surface area contributed by atoms with Gasteiger partial charge in [0.1, 0.15) is 4.32 Å². The Morgan fingerprint density at radius 1 is 0.927 bits per heavy atom. The number of ether oxygens (including phenoxy) is 1. The molecule has 4 aromatic rings. The summed E-state index contributed by atoms with van der Waals surface area (Å²) in [6.45, 7) is 2.59. The van der Waals surface area contributed by atoms with Crippen molar-refractivity contribution in [3.05, 3.63) is 94.9 Å². The monoisotopic (exact) mass is 582 g/mol. The van der Waals surface area contributed by atoms with Crippen molar-refractivity contribution >= 4 is 79.4 Å². The summed E-state index contributed by atoms with van der Waals surface area (Å²) >= 11 is 6.91. The van der Waals surface area contributed by atoms with Crippen LogP contribution in [-0.2, 0) is 14.3 Å². The van der Waals surface area contributed by atoms with Gasteiger partial charge in [0.25, 0.3) is 5.91 Å². The number of anilines is 1. The van der Waals surface area contributed by atoms with E-state index in [1.54, 1.807) is 36.1 Å².